The van der Waals surface area contributed by atoms with E-state index >= 15 is 0 Å². The molecule has 0 bridgehead atoms. The SMILES string of the molecule is O=P([O-])(O)O.O=S(=O)([O-])[O-].[F-].[Fe+3].[Na+]. The van der Waals surface area contributed by atoms with Gasteiger partial charge in [-0.1, -0.05) is 0 Å². The fraction of sp³-hybridized carbons (Fsp3) is 0. The molecule has 0 atom stereocenters. The summed E-state index contributed by atoms with van der Waals surface area (Å²) < 4.78 is 42.9. The summed E-state index contributed by atoms with van der Waals surface area (Å²) in [6.45, 7) is 0. The normalized spacial score (nSPS) is 9.00. The van der Waals surface area contributed by atoms with Gasteiger partial charge in [-0.25, -0.2) is 0 Å². The molecule has 13 heavy (non-hydrogen) atoms. The van der Waals surface area contributed by atoms with Gasteiger partial charge >= 0.3 is 46.6 Å². The molecule has 0 aromatic carbocycles. The van der Waals surface area contributed by atoms with Crippen LogP contribution in [0.2, 0.25) is 0 Å². The molecular formula is H2FFeNaO8PS. The molecule has 1 radical (unpaired) electrons. The van der Waals surface area contributed by atoms with Crippen molar-refractivity contribution < 1.29 is 88.1 Å². The number of halogens is 1. The van der Waals surface area contributed by atoms with Gasteiger partial charge in [0, 0.05) is 10.4 Å². The number of phosphoric acid groups is 1. The summed E-state index contributed by atoms with van der Waals surface area (Å²) in [6, 6.07) is 0. The number of hydrogen-bond acceptors (Lipinski definition) is 6. The van der Waals surface area contributed by atoms with Crippen LogP contribution in [0.1, 0.15) is 0 Å². The second kappa shape index (κ2) is 11.5. The molecule has 0 aliphatic carbocycles. The van der Waals surface area contributed by atoms with Crippen molar-refractivity contribution in [3.63, 3.8) is 0 Å². The maximum atomic E-state index is 8.77. The maximum absolute atomic E-state index is 8.77. The fourth-order valence-corrected chi connectivity index (χ4v) is 0. The summed E-state index contributed by atoms with van der Waals surface area (Å²) in [4.78, 5) is 22.9. The van der Waals surface area contributed by atoms with Crippen LogP contribution in [0.4, 0.5) is 0 Å². The van der Waals surface area contributed by atoms with E-state index in [1.807, 2.05) is 0 Å². The van der Waals surface area contributed by atoms with E-state index < -0.39 is 18.2 Å². The van der Waals surface area contributed by atoms with Crippen LogP contribution < -0.4 is 39.2 Å². The van der Waals surface area contributed by atoms with Crippen molar-refractivity contribution in [3.05, 3.63) is 0 Å². The van der Waals surface area contributed by atoms with Crippen molar-refractivity contribution in [3.8, 4) is 0 Å². The predicted octanol–water partition coefficient (Wildman–Crippen LogP) is -8.89. The molecule has 0 amide bonds. The average Bonchev–Trinajstić information content (AvgIpc) is 1.12. The van der Waals surface area contributed by atoms with Gasteiger partial charge in [-0.15, -0.1) is 0 Å². The van der Waals surface area contributed by atoms with Gasteiger partial charge in [0.1, 0.15) is 0 Å². The molecule has 0 saturated carbocycles. The molecular weight excluding hydrogens is 289 g/mol. The Labute approximate surface area is 106 Å². The van der Waals surface area contributed by atoms with Crippen molar-refractivity contribution in [1.82, 2.24) is 0 Å². The molecule has 0 aromatic rings. The minimum absolute atomic E-state index is 0. The van der Waals surface area contributed by atoms with Crippen LogP contribution >= 0.6 is 7.82 Å². The monoisotopic (exact) mass is 291 g/mol. The van der Waals surface area contributed by atoms with Crippen LogP contribution in [-0.2, 0) is 32.0 Å². The summed E-state index contributed by atoms with van der Waals surface area (Å²) in [6.07, 6.45) is 0. The molecule has 0 heterocycles. The van der Waals surface area contributed by atoms with E-state index in [1.165, 1.54) is 0 Å². The molecule has 0 saturated heterocycles. The quantitative estimate of drug-likeness (QED) is 0.192. The van der Waals surface area contributed by atoms with Gasteiger partial charge in [-0.3, -0.25) is 13.0 Å². The van der Waals surface area contributed by atoms with Gasteiger partial charge in [0.2, 0.25) is 0 Å². The molecule has 0 aliphatic rings. The van der Waals surface area contributed by atoms with Crippen LogP contribution in [0.3, 0.4) is 0 Å². The Morgan fingerprint density at radius 3 is 1.15 bits per heavy atom. The molecule has 0 aliphatic heterocycles. The van der Waals surface area contributed by atoms with Gasteiger partial charge in [0.05, 0.1) is 0 Å². The average molecular weight is 291 g/mol. The van der Waals surface area contributed by atoms with Crippen LogP contribution in [0, 0.1) is 0 Å². The zero-order valence-corrected chi connectivity index (χ0v) is 10.7. The second-order valence-corrected chi connectivity index (χ2v) is 2.70. The first-order chi connectivity index (χ1) is 4.00. The fourth-order valence-electron chi connectivity index (χ4n) is 0. The summed E-state index contributed by atoms with van der Waals surface area (Å²) in [5.74, 6) is 0. The molecule has 0 fully saturated rings. The van der Waals surface area contributed by atoms with Crippen LogP contribution in [0.5, 0.6) is 0 Å². The minimum Gasteiger partial charge on any atom is -1.00 e. The Hall–Kier alpha value is 1.43. The first-order valence-electron chi connectivity index (χ1n) is 1.43. The van der Waals surface area contributed by atoms with Crippen LogP contribution in [0.25, 0.3) is 0 Å². The third-order valence-electron chi connectivity index (χ3n) is 0. The molecule has 8 nitrogen and oxygen atoms in total. The summed E-state index contributed by atoms with van der Waals surface area (Å²) in [5.41, 5.74) is 0. The Balaban J connectivity index is -0.0000000267. The van der Waals surface area contributed by atoms with E-state index in [2.05, 4.69) is 0 Å². The Kier molecular flexibility index (Phi) is 25.9. The number of rotatable bonds is 0. The Morgan fingerprint density at radius 1 is 1.15 bits per heavy atom. The Morgan fingerprint density at radius 2 is 1.15 bits per heavy atom. The largest absolute Gasteiger partial charge is 3.00 e. The molecule has 0 rings (SSSR count). The standard InChI is InChI=1S/FH.Fe.Na.H3O4P.H2O4S/c;;;2*1-5(2,3)4/h1H;;;(H3,1,2,3,4);(H2,1,2,3,4)/q;+3;+1;;/p-4. The van der Waals surface area contributed by atoms with Gasteiger partial charge in [0.15, 0.2) is 0 Å². The smallest absolute Gasteiger partial charge is 1.00 e. The minimum atomic E-state index is -5.17. The summed E-state index contributed by atoms with van der Waals surface area (Å²) >= 11 is 0. The zero-order valence-electron chi connectivity index (χ0n) is 5.93. The third-order valence-corrected chi connectivity index (χ3v) is 0. The van der Waals surface area contributed by atoms with Gasteiger partial charge in [-0.05, 0) is 0 Å². The summed E-state index contributed by atoms with van der Waals surface area (Å²) in [5, 5.41) is 0. The van der Waals surface area contributed by atoms with E-state index in [0.717, 1.165) is 0 Å². The molecule has 77 valence electrons. The van der Waals surface area contributed by atoms with Crippen LogP contribution in [0.15, 0.2) is 0 Å². The summed E-state index contributed by atoms with van der Waals surface area (Å²) in [7, 11) is -10.1. The van der Waals surface area contributed by atoms with Gasteiger partial charge in [-0.2, -0.15) is 0 Å². The van der Waals surface area contributed by atoms with E-state index in [0.29, 0.717) is 0 Å². The first kappa shape index (κ1) is 29.3. The molecule has 0 unspecified atom stereocenters. The molecule has 13 heteroatoms. The van der Waals surface area contributed by atoms with Crippen molar-refractivity contribution in [1.29, 1.82) is 0 Å². The van der Waals surface area contributed by atoms with Crippen LogP contribution in [-0.4, -0.2) is 27.3 Å². The molecule has 2 N–H and O–H groups in total. The van der Waals surface area contributed by atoms with Crippen molar-refractivity contribution >= 4 is 18.2 Å². The maximum Gasteiger partial charge on any atom is 3.00 e. The first-order valence-corrected chi connectivity index (χ1v) is 4.30. The molecule has 0 spiro atoms. The molecule has 0 aromatic heterocycles. The Bertz CT molecular complexity index is 202. The van der Waals surface area contributed by atoms with Crippen molar-refractivity contribution in [2.75, 3.05) is 0 Å². The van der Waals surface area contributed by atoms with E-state index in [4.69, 9.17) is 36.8 Å². The van der Waals surface area contributed by atoms with Gasteiger partial charge in [0.25, 0.3) is 7.82 Å². The third kappa shape index (κ3) is 859. The van der Waals surface area contributed by atoms with E-state index in [9.17, 15) is 0 Å². The van der Waals surface area contributed by atoms with E-state index in [-0.39, 0.29) is 51.3 Å². The van der Waals surface area contributed by atoms with Crippen molar-refractivity contribution in [2.45, 2.75) is 0 Å². The van der Waals surface area contributed by atoms with Crippen molar-refractivity contribution in [2.24, 2.45) is 0 Å². The van der Waals surface area contributed by atoms with Gasteiger partial charge < -0.3 is 28.5 Å². The number of hydrogen-bond donors (Lipinski definition) is 2. The topological polar surface area (TPSA) is 161 Å². The predicted molar refractivity (Wildman–Crippen MR) is 22.5 cm³/mol. The second-order valence-electron chi connectivity index (χ2n) is 0.899. The zero-order chi connectivity index (χ0) is 9.00. The van der Waals surface area contributed by atoms with E-state index in [1.54, 1.807) is 0 Å².